The smallest absolute Gasteiger partial charge is 0.185 e. The van der Waals surface area contributed by atoms with E-state index in [4.69, 9.17) is 4.74 Å². The third-order valence-corrected chi connectivity index (χ3v) is 3.69. The molecule has 98 valence electrons. The van der Waals surface area contributed by atoms with E-state index < -0.39 is 0 Å². The van der Waals surface area contributed by atoms with Crippen LogP contribution in [0.4, 0.5) is 5.13 Å². The minimum absolute atomic E-state index is 0.293. The number of likely N-dealkylation sites (N-methyl/N-ethyl adjacent to an activating group) is 1. The highest BCUT2D eigenvalue weighted by Gasteiger charge is 2.10. The van der Waals surface area contributed by atoms with E-state index in [1.165, 1.54) is 4.88 Å². The maximum Gasteiger partial charge on any atom is 0.185 e. The molecule has 0 amide bonds. The Hall–Kier alpha value is -0.650. The number of rotatable bonds is 7. The van der Waals surface area contributed by atoms with Gasteiger partial charge in [0.25, 0.3) is 0 Å². The van der Waals surface area contributed by atoms with Gasteiger partial charge in [-0.2, -0.15) is 0 Å². The van der Waals surface area contributed by atoms with Gasteiger partial charge in [-0.05, 0) is 27.8 Å². The molecular weight excluding hydrogens is 234 g/mol. The zero-order chi connectivity index (χ0) is 12.8. The lowest BCUT2D eigenvalue weighted by molar-refractivity contribution is 0.0846. The number of anilines is 1. The van der Waals surface area contributed by atoms with E-state index >= 15 is 0 Å². The van der Waals surface area contributed by atoms with Crippen LogP contribution in [-0.4, -0.2) is 38.3 Å². The van der Waals surface area contributed by atoms with Crippen LogP contribution in [0.15, 0.2) is 0 Å². The van der Waals surface area contributed by atoms with Gasteiger partial charge in [-0.25, -0.2) is 4.98 Å². The molecule has 0 bridgehead atoms. The van der Waals surface area contributed by atoms with Gasteiger partial charge in [0.1, 0.15) is 0 Å². The van der Waals surface area contributed by atoms with E-state index in [1.807, 2.05) is 7.05 Å². The Morgan fingerprint density at radius 1 is 1.47 bits per heavy atom. The van der Waals surface area contributed by atoms with Crippen LogP contribution in [0.5, 0.6) is 0 Å². The minimum Gasteiger partial charge on any atom is -0.377 e. The summed E-state index contributed by atoms with van der Waals surface area (Å²) in [6, 6.07) is 0. The number of aromatic nitrogens is 1. The molecule has 1 aromatic rings. The average Bonchev–Trinajstić information content (AvgIpc) is 2.60. The van der Waals surface area contributed by atoms with Crippen LogP contribution in [-0.2, 0) is 11.3 Å². The van der Waals surface area contributed by atoms with Gasteiger partial charge in [0, 0.05) is 25.0 Å². The second kappa shape index (κ2) is 6.93. The summed E-state index contributed by atoms with van der Waals surface area (Å²) in [6.07, 6.45) is 0.293. The highest BCUT2D eigenvalue weighted by Crippen LogP contribution is 2.24. The van der Waals surface area contributed by atoms with Crippen molar-refractivity contribution < 1.29 is 4.74 Å². The molecule has 0 saturated heterocycles. The summed E-state index contributed by atoms with van der Waals surface area (Å²) in [4.78, 5) is 8.03. The fraction of sp³-hybridized carbons (Fsp3) is 0.750. The SMILES string of the molecule is CNCc1sc(N(C)CCOC(C)C)nc1C. The maximum atomic E-state index is 5.54. The first-order chi connectivity index (χ1) is 8.04. The number of thiazole rings is 1. The Morgan fingerprint density at radius 3 is 2.76 bits per heavy atom. The van der Waals surface area contributed by atoms with Crippen LogP contribution in [0.25, 0.3) is 0 Å². The first kappa shape index (κ1) is 14.4. The lowest BCUT2D eigenvalue weighted by atomic mass is 10.4. The molecule has 1 aromatic heterocycles. The molecule has 0 radical (unpaired) electrons. The van der Waals surface area contributed by atoms with Crippen molar-refractivity contribution in [2.24, 2.45) is 0 Å². The quantitative estimate of drug-likeness (QED) is 0.811. The Labute approximate surface area is 108 Å². The van der Waals surface area contributed by atoms with Gasteiger partial charge in [-0.1, -0.05) is 0 Å². The van der Waals surface area contributed by atoms with Crippen LogP contribution >= 0.6 is 11.3 Å². The van der Waals surface area contributed by atoms with Crippen molar-refractivity contribution in [2.45, 2.75) is 33.4 Å². The molecule has 0 saturated carbocycles. The number of hydrogen-bond acceptors (Lipinski definition) is 5. The van der Waals surface area contributed by atoms with Crippen molar-refractivity contribution in [1.29, 1.82) is 0 Å². The predicted octanol–water partition coefficient (Wildman–Crippen LogP) is 2.03. The molecule has 0 aliphatic heterocycles. The largest absolute Gasteiger partial charge is 0.377 e. The highest BCUT2D eigenvalue weighted by atomic mass is 32.1. The van der Waals surface area contributed by atoms with Crippen LogP contribution in [0.1, 0.15) is 24.4 Å². The van der Waals surface area contributed by atoms with Gasteiger partial charge in [0.2, 0.25) is 0 Å². The van der Waals surface area contributed by atoms with E-state index in [0.717, 1.165) is 30.5 Å². The molecule has 0 unspecified atom stereocenters. The molecule has 0 spiro atoms. The monoisotopic (exact) mass is 257 g/mol. The standard InChI is InChI=1S/C12H23N3OS/c1-9(2)16-7-6-15(5)12-14-10(3)11(17-12)8-13-4/h9,13H,6-8H2,1-5H3. The Bertz CT molecular complexity index is 338. The molecule has 0 aliphatic rings. The number of aryl methyl sites for hydroxylation is 1. The van der Waals surface area contributed by atoms with Gasteiger partial charge in [0.05, 0.1) is 18.4 Å². The van der Waals surface area contributed by atoms with Crippen molar-refractivity contribution in [2.75, 3.05) is 32.1 Å². The molecule has 4 nitrogen and oxygen atoms in total. The second-order valence-corrected chi connectivity index (χ2v) is 5.44. The first-order valence-corrected chi connectivity index (χ1v) is 6.80. The maximum absolute atomic E-state index is 5.54. The van der Waals surface area contributed by atoms with Gasteiger partial charge in [-0.3, -0.25) is 0 Å². The second-order valence-electron chi connectivity index (χ2n) is 4.38. The molecule has 17 heavy (non-hydrogen) atoms. The highest BCUT2D eigenvalue weighted by molar-refractivity contribution is 7.15. The van der Waals surface area contributed by atoms with Gasteiger partial charge < -0.3 is 15.0 Å². The van der Waals surface area contributed by atoms with Crippen LogP contribution in [0.3, 0.4) is 0 Å². The Morgan fingerprint density at radius 2 is 2.18 bits per heavy atom. The van der Waals surface area contributed by atoms with Crippen molar-refractivity contribution in [3.63, 3.8) is 0 Å². The molecular formula is C12H23N3OS. The molecule has 1 N–H and O–H groups in total. The number of hydrogen-bond donors (Lipinski definition) is 1. The zero-order valence-electron chi connectivity index (χ0n) is 11.4. The molecule has 0 fully saturated rings. The summed E-state index contributed by atoms with van der Waals surface area (Å²) in [7, 11) is 4.02. The van der Waals surface area contributed by atoms with Gasteiger partial charge in [0.15, 0.2) is 5.13 Å². The molecule has 0 aromatic carbocycles. The van der Waals surface area contributed by atoms with Crippen LogP contribution < -0.4 is 10.2 Å². The minimum atomic E-state index is 0.293. The number of nitrogens with one attached hydrogen (secondary N) is 1. The number of ether oxygens (including phenoxy) is 1. The first-order valence-electron chi connectivity index (χ1n) is 5.98. The summed E-state index contributed by atoms with van der Waals surface area (Å²) in [5, 5.41) is 4.23. The average molecular weight is 257 g/mol. The van der Waals surface area contributed by atoms with E-state index in [9.17, 15) is 0 Å². The van der Waals surface area contributed by atoms with E-state index in [1.54, 1.807) is 11.3 Å². The normalized spacial score (nSPS) is 11.2. The Balaban J connectivity index is 2.50. The van der Waals surface area contributed by atoms with Crippen molar-refractivity contribution in [1.82, 2.24) is 10.3 Å². The lowest BCUT2D eigenvalue weighted by Gasteiger charge is -2.16. The zero-order valence-corrected chi connectivity index (χ0v) is 12.2. The topological polar surface area (TPSA) is 37.4 Å². The van der Waals surface area contributed by atoms with Gasteiger partial charge in [-0.15, -0.1) is 11.3 Å². The third-order valence-electron chi connectivity index (χ3n) is 2.42. The molecule has 1 rings (SSSR count). The van der Waals surface area contributed by atoms with Crippen molar-refractivity contribution in [3.05, 3.63) is 10.6 Å². The van der Waals surface area contributed by atoms with E-state index in [0.29, 0.717) is 6.10 Å². The summed E-state index contributed by atoms with van der Waals surface area (Å²) < 4.78 is 5.54. The van der Waals surface area contributed by atoms with E-state index in [2.05, 4.69) is 43.0 Å². The fourth-order valence-electron chi connectivity index (χ4n) is 1.42. The molecule has 5 heteroatoms. The van der Waals surface area contributed by atoms with Crippen molar-refractivity contribution in [3.8, 4) is 0 Å². The number of nitrogens with zero attached hydrogens (tertiary/aromatic N) is 2. The van der Waals surface area contributed by atoms with Crippen molar-refractivity contribution >= 4 is 16.5 Å². The van der Waals surface area contributed by atoms with E-state index in [-0.39, 0.29) is 0 Å². The van der Waals surface area contributed by atoms with Crippen LogP contribution in [0, 0.1) is 6.92 Å². The fourth-order valence-corrected chi connectivity index (χ4v) is 2.48. The lowest BCUT2D eigenvalue weighted by Crippen LogP contribution is -2.23. The molecule has 1 heterocycles. The van der Waals surface area contributed by atoms with Gasteiger partial charge >= 0.3 is 0 Å². The Kier molecular flexibility index (Phi) is 5.88. The predicted molar refractivity (Wildman–Crippen MR) is 74.0 cm³/mol. The summed E-state index contributed by atoms with van der Waals surface area (Å²) in [5.41, 5.74) is 1.12. The van der Waals surface area contributed by atoms with Crippen LogP contribution in [0.2, 0.25) is 0 Å². The summed E-state index contributed by atoms with van der Waals surface area (Å²) >= 11 is 1.75. The summed E-state index contributed by atoms with van der Waals surface area (Å²) in [6.45, 7) is 8.68. The third kappa shape index (κ3) is 4.61. The molecule has 0 aliphatic carbocycles. The molecule has 0 atom stereocenters. The summed E-state index contributed by atoms with van der Waals surface area (Å²) in [5.74, 6) is 0.